The number of likely N-dealkylation sites (N-methyl/N-ethyl adjacent to an activating group) is 1. The van der Waals surface area contributed by atoms with Crippen LogP contribution in [-0.2, 0) is 16.0 Å². The first-order valence-electron chi connectivity index (χ1n) is 6.55. The van der Waals surface area contributed by atoms with Gasteiger partial charge in [-0.25, -0.2) is 4.98 Å². The fourth-order valence-corrected chi connectivity index (χ4v) is 1.98. The third-order valence-electron chi connectivity index (χ3n) is 2.62. The highest BCUT2D eigenvalue weighted by Gasteiger charge is 2.17. The number of aryl methyl sites for hydroxylation is 1. The molecule has 6 heteroatoms. The molecule has 0 aliphatic rings. The second kappa shape index (κ2) is 7.85. The number of hydrogen-bond acceptors (Lipinski definition) is 4. The Morgan fingerprint density at radius 2 is 2.05 bits per heavy atom. The number of aromatic nitrogens is 1. The van der Waals surface area contributed by atoms with Crippen LogP contribution in [-0.4, -0.2) is 42.0 Å². The van der Waals surface area contributed by atoms with E-state index in [1.54, 1.807) is 20.0 Å². The first-order chi connectivity index (χ1) is 9.47. The van der Waals surface area contributed by atoms with Crippen LogP contribution in [0.15, 0.2) is 12.1 Å². The molecule has 0 N–H and O–H groups in total. The van der Waals surface area contributed by atoms with Crippen molar-refractivity contribution in [1.29, 1.82) is 0 Å². The van der Waals surface area contributed by atoms with E-state index in [0.29, 0.717) is 12.2 Å². The molecule has 0 fully saturated rings. The summed E-state index contributed by atoms with van der Waals surface area (Å²) in [5.41, 5.74) is 1.20. The summed E-state index contributed by atoms with van der Waals surface area (Å²) in [6, 6.07) is 3.21. The minimum absolute atomic E-state index is 0.0876. The largest absolute Gasteiger partial charge is 0.465 e. The van der Waals surface area contributed by atoms with Crippen molar-refractivity contribution in [3.63, 3.8) is 0 Å². The van der Waals surface area contributed by atoms with E-state index in [1.165, 1.54) is 11.0 Å². The normalized spacial score (nSPS) is 10.2. The summed E-state index contributed by atoms with van der Waals surface area (Å²) in [6.07, 6.45) is 1.67. The summed E-state index contributed by atoms with van der Waals surface area (Å²) in [5.74, 6) is -0.711. The lowest BCUT2D eigenvalue weighted by Crippen LogP contribution is -2.33. The SMILES string of the molecule is CCCc1cc(C(=O)N(C)CC(=O)OCC)cc(Cl)n1. The van der Waals surface area contributed by atoms with Gasteiger partial charge in [0.25, 0.3) is 5.91 Å². The summed E-state index contributed by atoms with van der Waals surface area (Å²) in [5, 5.41) is 0.281. The summed E-state index contributed by atoms with van der Waals surface area (Å²) in [4.78, 5) is 29.1. The van der Waals surface area contributed by atoms with Crippen molar-refractivity contribution >= 4 is 23.5 Å². The van der Waals surface area contributed by atoms with Crippen molar-refractivity contribution in [2.24, 2.45) is 0 Å². The number of halogens is 1. The van der Waals surface area contributed by atoms with Gasteiger partial charge in [0.05, 0.1) is 6.61 Å². The van der Waals surface area contributed by atoms with Gasteiger partial charge in [-0.15, -0.1) is 0 Å². The maximum Gasteiger partial charge on any atom is 0.325 e. The van der Waals surface area contributed by atoms with Crippen molar-refractivity contribution in [3.05, 3.63) is 28.5 Å². The van der Waals surface area contributed by atoms with Gasteiger partial charge in [0.2, 0.25) is 0 Å². The van der Waals surface area contributed by atoms with Gasteiger partial charge in [-0.05, 0) is 25.5 Å². The zero-order valence-electron chi connectivity index (χ0n) is 12.0. The molecular formula is C14H19ClN2O3. The average Bonchev–Trinajstić information content (AvgIpc) is 2.37. The fourth-order valence-electron chi connectivity index (χ4n) is 1.75. The van der Waals surface area contributed by atoms with Crippen molar-refractivity contribution < 1.29 is 14.3 Å². The molecule has 110 valence electrons. The van der Waals surface area contributed by atoms with Crippen LogP contribution in [0.3, 0.4) is 0 Å². The van der Waals surface area contributed by atoms with Crippen LogP contribution in [0.5, 0.6) is 0 Å². The molecule has 1 aromatic heterocycles. The molecule has 0 aliphatic heterocycles. The first-order valence-corrected chi connectivity index (χ1v) is 6.93. The molecule has 1 aromatic rings. The van der Waals surface area contributed by atoms with Gasteiger partial charge in [-0.1, -0.05) is 24.9 Å². The van der Waals surface area contributed by atoms with E-state index in [9.17, 15) is 9.59 Å². The zero-order valence-corrected chi connectivity index (χ0v) is 12.7. The van der Waals surface area contributed by atoms with Crippen molar-refractivity contribution in [1.82, 2.24) is 9.88 Å². The van der Waals surface area contributed by atoms with Crippen LogP contribution < -0.4 is 0 Å². The summed E-state index contributed by atoms with van der Waals surface area (Å²) < 4.78 is 4.81. The van der Waals surface area contributed by atoms with Crippen LogP contribution in [0.2, 0.25) is 5.15 Å². The van der Waals surface area contributed by atoms with E-state index in [-0.39, 0.29) is 17.6 Å². The zero-order chi connectivity index (χ0) is 15.1. The Kier molecular flexibility index (Phi) is 6.45. The topological polar surface area (TPSA) is 59.5 Å². The molecule has 0 saturated heterocycles. The van der Waals surface area contributed by atoms with Gasteiger partial charge in [0.1, 0.15) is 11.7 Å². The fraction of sp³-hybridized carbons (Fsp3) is 0.500. The summed E-state index contributed by atoms with van der Waals surface area (Å²) >= 11 is 5.92. The van der Waals surface area contributed by atoms with Crippen molar-refractivity contribution in [2.75, 3.05) is 20.2 Å². The number of amides is 1. The third kappa shape index (κ3) is 4.81. The molecule has 5 nitrogen and oxygen atoms in total. The van der Waals surface area contributed by atoms with Crippen LogP contribution >= 0.6 is 11.6 Å². The Balaban J connectivity index is 2.82. The molecular weight excluding hydrogens is 280 g/mol. The van der Waals surface area contributed by atoms with Crippen LogP contribution in [0.25, 0.3) is 0 Å². The van der Waals surface area contributed by atoms with E-state index in [1.807, 2.05) is 6.92 Å². The number of esters is 1. The molecule has 0 unspecified atom stereocenters. The van der Waals surface area contributed by atoms with Crippen LogP contribution in [0.4, 0.5) is 0 Å². The summed E-state index contributed by atoms with van der Waals surface area (Å²) in [6.45, 7) is 3.95. The van der Waals surface area contributed by atoms with Gasteiger partial charge in [-0.3, -0.25) is 9.59 Å². The second-order valence-electron chi connectivity index (χ2n) is 4.39. The lowest BCUT2D eigenvalue weighted by molar-refractivity contribution is -0.143. The average molecular weight is 299 g/mol. The number of carbonyl (C=O) groups is 2. The molecule has 1 amide bonds. The smallest absolute Gasteiger partial charge is 0.325 e. The van der Waals surface area contributed by atoms with E-state index >= 15 is 0 Å². The monoisotopic (exact) mass is 298 g/mol. The highest BCUT2D eigenvalue weighted by atomic mass is 35.5. The van der Waals surface area contributed by atoms with Gasteiger partial charge in [0.15, 0.2) is 0 Å². The standard InChI is InChI=1S/C14H19ClN2O3/c1-4-6-11-7-10(8-12(15)16-11)14(19)17(3)9-13(18)20-5-2/h7-8H,4-6,9H2,1-3H3. The summed E-state index contributed by atoms with van der Waals surface area (Å²) in [7, 11) is 1.55. The molecule has 0 aliphatic carbocycles. The van der Waals surface area contributed by atoms with Crippen molar-refractivity contribution in [3.8, 4) is 0 Å². The number of rotatable bonds is 6. The maximum atomic E-state index is 12.2. The predicted octanol–water partition coefficient (Wildman–Crippen LogP) is 2.32. The van der Waals surface area contributed by atoms with E-state index < -0.39 is 5.97 Å². The minimum Gasteiger partial charge on any atom is -0.465 e. The Morgan fingerprint density at radius 3 is 2.65 bits per heavy atom. The van der Waals surface area contributed by atoms with E-state index in [2.05, 4.69) is 4.98 Å². The Bertz CT molecular complexity index is 491. The highest BCUT2D eigenvalue weighted by Crippen LogP contribution is 2.14. The number of carbonyl (C=O) groups excluding carboxylic acids is 2. The van der Waals surface area contributed by atoms with Gasteiger partial charge in [0, 0.05) is 18.3 Å². The lowest BCUT2D eigenvalue weighted by atomic mass is 10.1. The van der Waals surface area contributed by atoms with Gasteiger partial charge in [-0.2, -0.15) is 0 Å². The van der Waals surface area contributed by atoms with Crippen LogP contribution in [0.1, 0.15) is 36.3 Å². The predicted molar refractivity (Wildman–Crippen MR) is 76.8 cm³/mol. The minimum atomic E-state index is -0.433. The third-order valence-corrected chi connectivity index (χ3v) is 2.81. The highest BCUT2D eigenvalue weighted by molar-refractivity contribution is 6.29. The Labute approximate surface area is 123 Å². The second-order valence-corrected chi connectivity index (χ2v) is 4.77. The first kappa shape index (κ1) is 16.4. The number of hydrogen-bond donors (Lipinski definition) is 0. The van der Waals surface area contributed by atoms with Crippen molar-refractivity contribution in [2.45, 2.75) is 26.7 Å². The molecule has 0 radical (unpaired) electrons. The maximum absolute atomic E-state index is 12.2. The molecule has 0 atom stereocenters. The quantitative estimate of drug-likeness (QED) is 0.597. The molecule has 1 rings (SSSR count). The molecule has 0 saturated carbocycles. The molecule has 20 heavy (non-hydrogen) atoms. The lowest BCUT2D eigenvalue weighted by Gasteiger charge is -2.16. The van der Waals surface area contributed by atoms with E-state index in [0.717, 1.165) is 18.5 Å². The van der Waals surface area contributed by atoms with Gasteiger partial charge < -0.3 is 9.64 Å². The molecule has 0 bridgehead atoms. The van der Waals surface area contributed by atoms with E-state index in [4.69, 9.17) is 16.3 Å². The van der Waals surface area contributed by atoms with Crippen LogP contribution in [0, 0.1) is 0 Å². The van der Waals surface area contributed by atoms with Gasteiger partial charge >= 0.3 is 5.97 Å². The Hall–Kier alpha value is -1.62. The molecule has 0 aromatic carbocycles. The number of nitrogens with zero attached hydrogens (tertiary/aromatic N) is 2. The molecule has 0 spiro atoms. The number of ether oxygens (including phenoxy) is 1. The molecule has 1 heterocycles. The number of pyridine rings is 1. The Morgan fingerprint density at radius 1 is 1.35 bits per heavy atom.